The van der Waals surface area contributed by atoms with Crippen molar-refractivity contribution in [2.75, 3.05) is 0 Å². The van der Waals surface area contributed by atoms with Gasteiger partial charge in [-0.3, -0.25) is 0 Å². The number of rotatable bonds is 3. The molecule has 1 unspecified atom stereocenters. The monoisotopic (exact) mass is 446 g/mol. The van der Waals surface area contributed by atoms with Crippen molar-refractivity contribution in [2.45, 2.75) is 18.7 Å². The summed E-state index contributed by atoms with van der Waals surface area (Å²) in [6.45, 7) is 0. The molecule has 1 aliphatic rings. The molecular formula is C22H14BrF3O2. The standard InChI is InChI=1S/C22H14BrF3O2/c23-16-8-9-17-19(12-16)21(27)28-20(17)10-14-6-7-15(22(24,25)26)11-18(14)13-4-2-1-3-5-13/h1-9,11-12,20H,10H2. The van der Waals surface area contributed by atoms with Crippen LogP contribution in [0, 0.1) is 0 Å². The molecule has 0 bridgehead atoms. The van der Waals surface area contributed by atoms with E-state index < -0.39 is 23.8 Å². The van der Waals surface area contributed by atoms with E-state index in [-0.39, 0.29) is 0 Å². The van der Waals surface area contributed by atoms with Gasteiger partial charge in [0.15, 0.2) is 0 Å². The SMILES string of the molecule is O=C1OC(Cc2ccc(C(F)(F)F)cc2-c2ccccc2)c2ccc(Br)cc21. The van der Waals surface area contributed by atoms with Crippen LogP contribution < -0.4 is 0 Å². The van der Waals surface area contributed by atoms with Crippen LogP contribution in [0.5, 0.6) is 0 Å². The van der Waals surface area contributed by atoms with Crippen LogP contribution in [0.2, 0.25) is 0 Å². The average Bonchev–Trinajstić information content (AvgIpc) is 2.97. The molecule has 3 aromatic carbocycles. The fourth-order valence-electron chi connectivity index (χ4n) is 3.41. The van der Waals surface area contributed by atoms with Crippen LogP contribution in [0.15, 0.2) is 71.2 Å². The first-order valence-corrected chi connectivity index (χ1v) is 9.38. The number of fused-ring (bicyclic) bond motifs is 1. The van der Waals surface area contributed by atoms with Crippen LogP contribution in [0.4, 0.5) is 13.2 Å². The number of alkyl halides is 3. The molecule has 0 amide bonds. The number of halogens is 4. The number of hydrogen-bond donors (Lipinski definition) is 0. The number of carbonyl (C=O) groups excluding carboxylic acids is 1. The van der Waals surface area contributed by atoms with Gasteiger partial charge in [0.25, 0.3) is 0 Å². The van der Waals surface area contributed by atoms with Crippen LogP contribution in [0.1, 0.15) is 33.2 Å². The molecule has 0 N–H and O–H groups in total. The summed E-state index contributed by atoms with van der Waals surface area (Å²) in [4.78, 5) is 12.2. The quantitative estimate of drug-likeness (QED) is 0.424. The van der Waals surface area contributed by atoms with E-state index in [1.807, 2.05) is 12.1 Å². The summed E-state index contributed by atoms with van der Waals surface area (Å²) in [6.07, 6.45) is -4.67. The molecular weight excluding hydrogens is 433 g/mol. The predicted molar refractivity (Wildman–Crippen MR) is 103 cm³/mol. The maximum Gasteiger partial charge on any atom is 0.416 e. The van der Waals surface area contributed by atoms with E-state index in [0.717, 1.165) is 22.2 Å². The Kier molecular flexibility index (Phi) is 4.75. The molecule has 142 valence electrons. The van der Waals surface area contributed by atoms with E-state index in [2.05, 4.69) is 15.9 Å². The highest BCUT2D eigenvalue weighted by Crippen LogP contribution is 2.39. The molecule has 1 heterocycles. The van der Waals surface area contributed by atoms with E-state index in [1.54, 1.807) is 36.4 Å². The van der Waals surface area contributed by atoms with E-state index in [4.69, 9.17) is 4.74 Å². The van der Waals surface area contributed by atoms with Crippen molar-refractivity contribution in [3.63, 3.8) is 0 Å². The van der Waals surface area contributed by atoms with Crippen molar-refractivity contribution < 1.29 is 22.7 Å². The van der Waals surface area contributed by atoms with Gasteiger partial charge in [-0.1, -0.05) is 58.4 Å². The second-order valence-corrected chi connectivity index (χ2v) is 7.48. The molecule has 0 radical (unpaired) electrons. The van der Waals surface area contributed by atoms with E-state index in [1.165, 1.54) is 6.07 Å². The fraction of sp³-hybridized carbons (Fsp3) is 0.136. The third-order valence-corrected chi connectivity index (χ3v) is 5.25. The molecule has 6 heteroatoms. The summed E-state index contributed by atoms with van der Waals surface area (Å²) in [5.74, 6) is -0.422. The van der Waals surface area contributed by atoms with E-state index in [9.17, 15) is 18.0 Å². The minimum Gasteiger partial charge on any atom is -0.454 e. The van der Waals surface area contributed by atoms with Crippen molar-refractivity contribution >= 4 is 21.9 Å². The number of cyclic esters (lactones) is 1. The average molecular weight is 447 g/mol. The first kappa shape index (κ1) is 18.7. The van der Waals surface area contributed by atoms with Crippen LogP contribution in [-0.4, -0.2) is 5.97 Å². The van der Waals surface area contributed by atoms with Gasteiger partial charge >= 0.3 is 12.1 Å². The van der Waals surface area contributed by atoms with Gasteiger partial charge in [0, 0.05) is 16.5 Å². The van der Waals surface area contributed by atoms with E-state index in [0.29, 0.717) is 28.7 Å². The van der Waals surface area contributed by atoms with Crippen LogP contribution in [0.3, 0.4) is 0 Å². The molecule has 0 saturated heterocycles. The Balaban J connectivity index is 1.76. The lowest BCUT2D eigenvalue weighted by atomic mass is 9.91. The highest BCUT2D eigenvalue weighted by Gasteiger charge is 2.34. The summed E-state index contributed by atoms with van der Waals surface area (Å²) in [5.41, 5.74) is 2.37. The lowest BCUT2D eigenvalue weighted by Gasteiger charge is -2.17. The number of hydrogen-bond acceptors (Lipinski definition) is 2. The number of benzene rings is 3. The zero-order valence-corrected chi connectivity index (χ0v) is 16.0. The number of esters is 1. The van der Waals surface area contributed by atoms with Crippen LogP contribution >= 0.6 is 15.9 Å². The Morgan fingerprint density at radius 3 is 2.39 bits per heavy atom. The van der Waals surface area contributed by atoms with Gasteiger partial charge in [-0.2, -0.15) is 13.2 Å². The van der Waals surface area contributed by atoms with E-state index >= 15 is 0 Å². The van der Waals surface area contributed by atoms with Crippen LogP contribution in [-0.2, 0) is 17.3 Å². The number of ether oxygens (including phenoxy) is 1. The van der Waals surface area contributed by atoms with Crippen molar-refractivity contribution in [1.82, 2.24) is 0 Å². The van der Waals surface area contributed by atoms with Gasteiger partial charge in [-0.25, -0.2) is 4.79 Å². The third-order valence-electron chi connectivity index (χ3n) is 4.76. The molecule has 1 atom stereocenters. The minimum atomic E-state index is -4.43. The first-order chi connectivity index (χ1) is 13.3. The lowest BCUT2D eigenvalue weighted by molar-refractivity contribution is -0.137. The van der Waals surface area contributed by atoms with Gasteiger partial charge in [0.2, 0.25) is 0 Å². The van der Waals surface area contributed by atoms with Crippen LogP contribution in [0.25, 0.3) is 11.1 Å². The Morgan fingerprint density at radius 2 is 1.68 bits per heavy atom. The number of carbonyl (C=O) groups is 1. The van der Waals surface area contributed by atoms with Crippen molar-refractivity contribution in [2.24, 2.45) is 0 Å². The molecule has 0 aromatic heterocycles. The molecule has 2 nitrogen and oxygen atoms in total. The Bertz CT molecular complexity index is 1050. The topological polar surface area (TPSA) is 26.3 Å². The minimum absolute atomic E-state index is 0.294. The second-order valence-electron chi connectivity index (χ2n) is 6.57. The predicted octanol–water partition coefficient (Wildman–Crippen LogP) is 6.59. The summed E-state index contributed by atoms with van der Waals surface area (Å²) < 4.78 is 46.0. The Hall–Kier alpha value is -2.60. The highest BCUT2D eigenvalue weighted by atomic mass is 79.9. The fourth-order valence-corrected chi connectivity index (χ4v) is 3.77. The maximum absolute atomic E-state index is 13.2. The smallest absolute Gasteiger partial charge is 0.416 e. The Labute approximate surface area is 168 Å². The molecule has 28 heavy (non-hydrogen) atoms. The lowest BCUT2D eigenvalue weighted by Crippen LogP contribution is -2.08. The Morgan fingerprint density at radius 1 is 0.929 bits per heavy atom. The molecule has 0 aliphatic carbocycles. The zero-order chi connectivity index (χ0) is 19.9. The maximum atomic E-state index is 13.2. The molecule has 0 fully saturated rings. The van der Waals surface area contributed by atoms with Crippen molar-refractivity contribution in [3.8, 4) is 11.1 Å². The molecule has 0 saturated carbocycles. The van der Waals surface area contributed by atoms with Crippen molar-refractivity contribution in [3.05, 3.63) is 93.5 Å². The molecule has 3 aromatic rings. The van der Waals surface area contributed by atoms with Gasteiger partial charge in [-0.05, 0) is 41.0 Å². The summed E-state index contributed by atoms with van der Waals surface area (Å²) in [6, 6.07) is 17.9. The normalized spacial score (nSPS) is 16.0. The molecule has 1 aliphatic heterocycles. The highest BCUT2D eigenvalue weighted by molar-refractivity contribution is 9.10. The molecule has 0 spiro atoms. The largest absolute Gasteiger partial charge is 0.454 e. The first-order valence-electron chi connectivity index (χ1n) is 8.59. The van der Waals surface area contributed by atoms with Gasteiger partial charge in [0.05, 0.1) is 11.1 Å². The summed E-state index contributed by atoms with van der Waals surface area (Å²) in [5, 5.41) is 0. The molecule has 4 rings (SSSR count). The van der Waals surface area contributed by atoms with Gasteiger partial charge in [0.1, 0.15) is 6.10 Å². The third kappa shape index (κ3) is 3.56. The van der Waals surface area contributed by atoms with Crippen molar-refractivity contribution in [1.29, 1.82) is 0 Å². The summed E-state index contributed by atoms with van der Waals surface area (Å²) in [7, 11) is 0. The second kappa shape index (κ2) is 7.09. The summed E-state index contributed by atoms with van der Waals surface area (Å²) >= 11 is 3.33. The van der Waals surface area contributed by atoms with Gasteiger partial charge in [-0.15, -0.1) is 0 Å². The van der Waals surface area contributed by atoms with Gasteiger partial charge < -0.3 is 4.74 Å². The zero-order valence-electron chi connectivity index (χ0n) is 14.5.